The van der Waals surface area contributed by atoms with E-state index in [4.69, 9.17) is 5.73 Å². The molecule has 24 heavy (non-hydrogen) atoms. The first-order valence-electron chi connectivity index (χ1n) is 10.1. The summed E-state index contributed by atoms with van der Waals surface area (Å²) in [6.45, 7) is 8.88. The van der Waals surface area contributed by atoms with Crippen LogP contribution in [-0.2, 0) is 0 Å². The van der Waals surface area contributed by atoms with E-state index < -0.39 is 12.2 Å². The smallest absolute Gasteiger partial charge is 0.0836 e. The Bertz CT molecular complexity index is 522. The van der Waals surface area contributed by atoms with Gasteiger partial charge in [0.2, 0.25) is 0 Å². The molecule has 4 fully saturated rings. The molecule has 4 saturated carbocycles. The zero-order chi connectivity index (χ0) is 17.3. The van der Waals surface area contributed by atoms with Gasteiger partial charge < -0.3 is 15.9 Å². The minimum Gasteiger partial charge on any atom is -0.390 e. The van der Waals surface area contributed by atoms with Crippen molar-refractivity contribution in [2.45, 2.75) is 77.0 Å². The van der Waals surface area contributed by atoms with Crippen LogP contribution in [0.5, 0.6) is 0 Å². The van der Waals surface area contributed by atoms with Crippen LogP contribution in [0, 0.1) is 40.4 Å². The summed E-state index contributed by atoms with van der Waals surface area (Å²) in [6.07, 6.45) is 8.82. The van der Waals surface area contributed by atoms with E-state index in [9.17, 15) is 10.2 Å². The second-order valence-corrected chi connectivity index (χ2v) is 9.88. The third-order valence-electron chi connectivity index (χ3n) is 9.15. The fraction of sp³-hybridized carbons (Fsp3) is 0.905. The number of aliphatic hydroxyl groups is 2. The lowest BCUT2D eigenvalue weighted by atomic mass is 9.43. The number of allylic oxidation sites excluding steroid dienone is 1. The van der Waals surface area contributed by atoms with Crippen molar-refractivity contribution in [1.29, 1.82) is 0 Å². The van der Waals surface area contributed by atoms with Crippen molar-refractivity contribution >= 4 is 0 Å². The lowest BCUT2D eigenvalue weighted by Gasteiger charge is -2.63. The molecule has 0 heterocycles. The SMILES string of the molecule is C=C[C@H]1CCC2C3C(CC[C@@]21C)[C@@]1(C)CC[C@H](N)CC1[C@@H](O)[C@@H]3O. The Hall–Kier alpha value is -0.380. The van der Waals surface area contributed by atoms with E-state index in [0.29, 0.717) is 17.8 Å². The van der Waals surface area contributed by atoms with Gasteiger partial charge in [0.25, 0.3) is 0 Å². The number of aliphatic hydroxyl groups excluding tert-OH is 2. The van der Waals surface area contributed by atoms with E-state index >= 15 is 0 Å². The zero-order valence-corrected chi connectivity index (χ0v) is 15.3. The van der Waals surface area contributed by atoms with Crippen LogP contribution < -0.4 is 5.73 Å². The molecule has 4 aliphatic carbocycles. The number of hydrogen-bond donors (Lipinski definition) is 3. The van der Waals surface area contributed by atoms with Crippen LogP contribution in [0.25, 0.3) is 0 Å². The highest BCUT2D eigenvalue weighted by molar-refractivity contribution is 5.15. The Kier molecular flexibility index (Phi) is 3.95. The number of rotatable bonds is 1. The molecule has 4 rings (SSSR count). The van der Waals surface area contributed by atoms with Gasteiger partial charge in [0.15, 0.2) is 0 Å². The predicted octanol–water partition coefficient (Wildman–Crippen LogP) is 3.10. The Morgan fingerprint density at radius 3 is 2.29 bits per heavy atom. The van der Waals surface area contributed by atoms with Gasteiger partial charge in [-0.15, -0.1) is 6.58 Å². The summed E-state index contributed by atoms with van der Waals surface area (Å²) >= 11 is 0. The molecule has 0 amide bonds. The molecule has 0 aliphatic heterocycles. The Balaban J connectivity index is 1.71. The van der Waals surface area contributed by atoms with Crippen molar-refractivity contribution in [1.82, 2.24) is 0 Å². The van der Waals surface area contributed by atoms with Crippen molar-refractivity contribution in [2.24, 2.45) is 46.2 Å². The van der Waals surface area contributed by atoms with Crippen LogP contribution in [0.3, 0.4) is 0 Å². The van der Waals surface area contributed by atoms with E-state index in [0.717, 1.165) is 19.3 Å². The third-order valence-corrected chi connectivity index (χ3v) is 9.15. The van der Waals surface area contributed by atoms with Gasteiger partial charge in [0.1, 0.15) is 0 Å². The van der Waals surface area contributed by atoms with Crippen molar-refractivity contribution in [2.75, 3.05) is 0 Å². The molecule has 3 nitrogen and oxygen atoms in total. The topological polar surface area (TPSA) is 66.5 Å². The first-order valence-corrected chi connectivity index (χ1v) is 10.1. The molecule has 0 aromatic carbocycles. The van der Waals surface area contributed by atoms with E-state index in [1.807, 2.05) is 0 Å². The predicted molar refractivity (Wildman–Crippen MR) is 96.2 cm³/mol. The minimum atomic E-state index is -0.604. The Labute approximate surface area is 146 Å². The molecule has 0 saturated heterocycles. The largest absolute Gasteiger partial charge is 0.390 e. The molecule has 0 aromatic rings. The van der Waals surface area contributed by atoms with E-state index in [1.165, 1.54) is 25.7 Å². The van der Waals surface area contributed by atoms with Crippen LogP contribution >= 0.6 is 0 Å². The van der Waals surface area contributed by atoms with Crippen LogP contribution in [0.4, 0.5) is 0 Å². The number of nitrogens with two attached hydrogens (primary N) is 1. The Morgan fingerprint density at radius 2 is 1.58 bits per heavy atom. The molecule has 0 radical (unpaired) electrons. The van der Waals surface area contributed by atoms with Gasteiger partial charge in [-0.2, -0.15) is 0 Å². The third kappa shape index (κ3) is 2.07. The van der Waals surface area contributed by atoms with Gasteiger partial charge in [-0.25, -0.2) is 0 Å². The number of hydrogen-bond acceptors (Lipinski definition) is 3. The van der Waals surface area contributed by atoms with Crippen LogP contribution in [0.1, 0.15) is 58.8 Å². The standard InChI is InChI=1S/C21H35NO2/c1-4-12-5-6-14-17-15(8-10-20(12,14)2)21(3)9-7-13(22)11-16(21)18(23)19(17)24/h4,12-19,23-24H,1,5-11,22H2,2-3H3/t12-,13-,14?,15?,16?,17?,18+,19+,20+,21+/m0/s1. The molecule has 0 bridgehead atoms. The van der Waals surface area contributed by atoms with Crippen LogP contribution in [-0.4, -0.2) is 28.5 Å². The van der Waals surface area contributed by atoms with Crippen molar-refractivity contribution < 1.29 is 10.2 Å². The molecule has 136 valence electrons. The second kappa shape index (κ2) is 5.56. The van der Waals surface area contributed by atoms with Crippen molar-refractivity contribution in [3.63, 3.8) is 0 Å². The maximum Gasteiger partial charge on any atom is 0.0836 e. The van der Waals surface area contributed by atoms with Gasteiger partial charge in [-0.1, -0.05) is 19.9 Å². The molecule has 4 N–H and O–H groups in total. The van der Waals surface area contributed by atoms with E-state index in [2.05, 4.69) is 26.5 Å². The molecular weight excluding hydrogens is 298 g/mol. The zero-order valence-electron chi connectivity index (χ0n) is 15.3. The van der Waals surface area contributed by atoms with Crippen molar-refractivity contribution in [3.8, 4) is 0 Å². The number of fused-ring (bicyclic) bond motifs is 5. The maximum absolute atomic E-state index is 11.1. The average molecular weight is 334 g/mol. The summed E-state index contributed by atoms with van der Waals surface area (Å²) in [7, 11) is 0. The van der Waals surface area contributed by atoms with Crippen molar-refractivity contribution in [3.05, 3.63) is 12.7 Å². The molecule has 10 atom stereocenters. The quantitative estimate of drug-likeness (QED) is 0.646. The van der Waals surface area contributed by atoms with E-state index in [-0.39, 0.29) is 28.7 Å². The highest BCUT2D eigenvalue weighted by Gasteiger charge is 2.64. The molecule has 3 heteroatoms. The lowest BCUT2D eigenvalue weighted by Crippen LogP contribution is -2.64. The summed E-state index contributed by atoms with van der Waals surface area (Å²) in [5.41, 5.74) is 6.62. The second-order valence-electron chi connectivity index (χ2n) is 9.88. The highest BCUT2D eigenvalue weighted by Crippen LogP contribution is 2.67. The first-order chi connectivity index (χ1) is 11.3. The molecule has 0 spiro atoms. The normalized spacial score (nSPS) is 60.0. The summed E-state index contributed by atoms with van der Waals surface area (Å²) < 4.78 is 0. The summed E-state index contributed by atoms with van der Waals surface area (Å²) in [5.74, 6) is 2.04. The fourth-order valence-electron chi connectivity index (χ4n) is 7.72. The fourth-order valence-corrected chi connectivity index (χ4v) is 7.72. The van der Waals surface area contributed by atoms with Crippen LogP contribution in [0.2, 0.25) is 0 Å². The van der Waals surface area contributed by atoms with Gasteiger partial charge in [0, 0.05) is 6.04 Å². The molecular formula is C21H35NO2. The van der Waals surface area contributed by atoms with Gasteiger partial charge in [-0.3, -0.25) is 0 Å². The van der Waals surface area contributed by atoms with Gasteiger partial charge >= 0.3 is 0 Å². The average Bonchev–Trinajstić information content (AvgIpc) is 2.90. The monoisotopic (exact) mass is 333 g/mol. The lowest BCUT2D eigenvalue weighted by molar-refractivity contribution is -0.214. The molecule has 4 unspecified atom stereocenters. The molecule has 0 aromatic heterocycles. The van der Waals surface area contributed by atoms with Crippen LogP contribution in [0.15, 0.2) is 12.7 Å². The van der Waals surface area contributed by atoms with Gasteiger partial charge in [-0.05, 0) is 85.4 Å². The highest BCUT2D eigenvalue weighted by atomic mass is 16.3. The van der Waals surface area contributed by atoms with Gasteiger partial charge in [0.05, 0.1) is 12.2 Å². The summed E-state index contributed by atoms with van der Waals surface area (Å²) in [4.78, 5) is 0. The Morgan fingerprint density at radius 1 is 0.917 bits per heavy atom. The molecule has 4 aliphatic rings. The summed E-state index contributed by atoms with van der Waals surface area (Å²) in [5, 5.41) is 22.1. The first kappa shape index (κ1) is 17.1. The maximum atomic E-state index is 11.1. The minimum absolute atomic E-state index is 0.146. The van der Waals surface area contributed by atoms with E-state index in [1.54, 1.807) is 0 Å². The summed E-state index contributed by atoms with van der Waals surface area (Å²) in [6, 6.07) is 0.187.